The average Bonchev–Trinajstić information content (AvgIpc) is 3.49. The minimum Gasteiger partial charge on any atom is -0.446 e. The molecule has 256 valence electrons. The van der Waals surface area contributed by atoms with E-state index in [2.05, 4.69) is 10.6 Å². The summed E-state index contributed by atoms with van der Waals surface area (Å²) < 4.78 is 25.8. The Morgan fingerprint density at radius 1 is 1.00 bits per heavy atom. The van der Waals surface area contributed by atoms with E-state index in [0.29, 0.717) is 30.4 Å². The van der Waals surface area contributed by atoms with E-state index in [-0.39, 0.29) is 50.3 Å². The van der Waals surface area contributed by atoms with Gasteiger partial charge in [-0.15, -0.1) is 0 Å². The highest BCUT2D eigenvalue weighted by atomic mass is 19.1. The summed E-state index contributed by atoms with van der Waals surface area (Å²) >= 11 is 0. The molecular formula is C35H42FN5O7. The fourth-order valence-electron chi connectivity index (χ4n) is 7.73. The highest BCUT2D eigenvalue weighted by Crippen LogP contribution is 2.57. The third-order valence-corrected chi connectivity index (χ3v) is 10.5. The van der Waals surface area contributed by atoms with E-state index in [9.17, 15) is 33.6 Å². The van der Waals surface area contributed by atoms with Gasteiger partial charge in [-0.25, -0.2) is 14.0 Å². The number of allylic oxidation sites excluding steroid dienone is 2. The van der Waals surface area contributed by atoms with Crippen LogP contribution in [0.15, 0.2) is 30.4 Å². The number of alkyl carbamates (subject to hydrolysis) is 1. The van der Waals surface area contributed by atoms with E-state index < -0.39 is 53.4 Å². The molecule has 3 heterocycles. The molecule has 13 heteroatoms. The van der Waals surface area contributed by atoms with Crippen molar-refractivity contribution in [3.05, 3.63) is 47.3 Å². The number of hydrogen-bond donors (Lipinski definition) is 2. The van der Waals surface area contributed by atoms with E-state index in [0.717, 1.165) is 44.9 Å². The SMILES string of the molecule is N#CNC(=O)[C@]12CC(=O)C3C[C@@H](OC(=O)N4Cc5cccc(F)c5C4)CN3C(=O)[C@@H](NC(=O)OC3CCCC3)CCCCC/C=C\[C@@H]1C2. The lowest BCUT2D eigenvalue weighted by atomic mass is 9.91. The predicted molar refractivity (Wildman–Crippen MR) is 168 cm³/mol. The quantitative estimate of drug-likeness (QED) is 0.273. The maximum absolute atomic E-state index is 14.4. The molecule has 48 heavy (non-hydrogen) atoms. The number of ether oxygens (including phenoxy) is 2. The van der Waals surface area contributed by atoms with Gasteiger partial charge in [0.05, 0.1) is 24.5 Å². The zero-order valence-electron chi connectivity index (χ0n) is 27.0. The number of Topliss-reactive ketones (excluding diaryl/α,β-unsaturated/α-hetero) is 1. The Hall–Kier alpha value is -4.47. The zero-order valence-corrected chi connectivity index (χ0v) is 27.0. The van der Waals surface area contributed by atoms with Gasteiger partial charge in [0.25, 0.3) is 0 Å². The van der Waals surface area contributed by atoms with Gasteiger partial charge in [0.1, 0.15) is 24.1 Å². The molecule has 1 saturated heterocycles. The Labute approximate surface area is 279 Å². The summed E-state index contributed by atoms with van der Waals surface area (Å²) in [5, 5.41) is 14.1. The average molecular weight is 664 g/mol. The second-order valence-electron chi connectivity index (χ2n) is 13.7. The van der Waals surface area contributed by atoms with Crippen molar-refractivity contribution in [1.82, 2.24) is 20.4 Å². The standard InChI is InChI=1S/C35H42FN5O7/c36-27-13-8-9-22-18-40(20-26(22)27)34(46)48-25-15-29-30(42)17-35(32(44)38-21-37)16-23(35)10-4-2-1-3-5-14-28(31(43)41(29)19-25)39-33(45)47-24-11-6-7-12-24/h4,8-10,13,23-25,28-29H,1-3,5-7,11-12,14-20H2,(H,38,44)(H,39,45)/b10-4-/t23-,25-,28+,29?,35-/m1/s1. The van der Waals surface area contributed by atoms with E-state index >= 15 is 0 Å². The van der Waals surface area contributed by atoms with Gasteiger partial charge >= 0.3 is 12.2 Å². The number of benzene rings is 1. The van der Waals surface area contributed by atoms with Crippen molar-refractivity contribution in [2.75, 3.05) is 6.54 Å². The number of carbonyl (C=O) groups excluding carboxylic acids is 5. The zero-order chi connectivity index (χ0) is 33.8. The van der Waals surface area contributed by atoms with Crippen molar-refractivity contribution in [2.24, 2.45) is 11.3 Å². The molecule has 0 spiro atoms. The summed E-state index contributed by atoms with van der Waals surface area (Å²) in [5.74, 6) is -2.04. The fraction of sp³-hybridized carbons (Fsp3) is 0.600. The first-order valence-corrected chi connectivity index (χ1v) is 17.1. The third kappa shape index (κ3) is 7.17. The molecule has 0 radical (unpaired) electrons. The highest BCUT2D eigenvalue weighted by molar-refractivity contribution is 5.98. The van der Waals surface area contributed by atoms with Crippen LogP contribution in [0.3, 0.4) is 0 Å². The van der Waals surface area contributed by atoms with Crippen LogP contribution in [-0.4, -0.2) is 70.4 Å². The largest absolute Gasteiger partial charge is 0.446 e. The van der Waals surface area contributed by atoms with Crippen molar-refractivity contribution in [1.29, 1.82) is 5.26 Å². The van der Waals surface area contributed by atoms with Gasteiger partial charge in [-0.3, -0.25) is 24.6 Å². The molecule has 5 atom stereocenters. The second-order valence-corrected chi connectivity index (χ2v) is 13.7. The lowest BCUT2D eigenvalue weighted by molar-refractivity contribution is -0.140. The van der Waals surface area contributed by atoms with E-state index in [4.69, 9.17) is 9.47 Å². The topological polar surface area (TPSA) is 158 Å². The summed E-state index contributed by atoms with van der Waals surface area (Å²) in [7, 11) is 0. The first kappa shape index (κ1) is 33.4. The van der Waals surface area contributed by atoms with Crippen LogP contribution in [0, 0.1) is 28.6 Å². The fourth-order valence-corrected chi connectivity index (χ4v) is 7.73. The highest BCUT2D eigenvalue weighted by Gasteiger charge is 2.60. The summed E-state index contributed by atoms with van der Waals surface area (Å²) in [5.41, 5.74) is -0.00348. The Morgan fingerprint density at radius 3 is 2.56 bits per heavy atom. The molecule has 2 aliphatic carbocycles. The predicted octanol–water partition coefficient (Wildman–Crippen LogP) is 4.37. The number of halogens is 1. The number of nitriles is 1. The van der Waals surface area contributed by atoms with Gasteiger partial charge in [0.2, 0.25) is 11.8 Å². The number of nitrogens with one attached hydrogen (secondary N) is 2. The molecule has 12 nitrogen and oxygen atoms in total. The summed E-state index contributed by atoms with van der Waals surface area (Å²) in [6, 6.07) is 2.68. The summed E-state index contributed by atoms with van der Waals surface area (Å²) in [6.45, 7) is 0.121. The molecule has 4 amide bonds. The van der Waals surface area contributed by atoms with E-state index in [1.54, 1.807) is 18.3 Å². The lowest BCUT2D eigenvalue weighted by Crippen LogP contribution is -2.52. The molecule has 0 aromatic heterocycles. The van der Waals surface area contributed by atoms with Gasteiger partial charge in [0, 0.05) is 24.9 Å². The van der Waals surface area contributed by atoms with Gasteiger partial charge in [-0.05, 0) is 68.9 Å². The number of carbonyl (C=O) groups is 5. The van der Waals surface area contributed by atoms with Gasteiger partial charge < -0.3 is 19.7 Å². The summed E-state index contributed by atoms with van der Waals surface area (Å²) in [4.78, 5) is 70.3. The smallest absolute Gasteiger partial charge is 0.410 e. The molecule has 1 aromatic carbocycles. The van der Waals surface area contributed by atoms with Crippen LogP contribution in [0.1, 0.15) is 88.2 Å². The van der Waals surface area contributed by atoms with Crippen molar-refractivity contribution in [3.8, 4) is 6.19 Å². The molecule has 2 N–H and O–H groups in total. The molecule has 1 aromatic rings. The van der Waals surface area contributed by atoms with Crippen molar-refractivity contribution in [3.63, 3.8) is 0 Å². The minimum atomic E-state index is -1.11. The first-order chi connectivity index (χ1) is 23.2. The van der Waals surface area contributed by atoms with Crippen LogP contribution in [0.5, 0.6) is 0 Å². The third-order valence-electron chi connectivity index (χ3n) is 10.5. The number of amides is 4. The first-order valence-electron chi connectivity index (χ1n) is 17.1. The normalized spacial score (nSPS) is 29.8. The van der Waals surface area contributed by atoms with Crippen molar-refractivity contribution >= 4 is 29.8 Å². The second kappa shape index (κ2) is 14.3. The molecule has 3 aliphatic heterocycles. The van der Waals surface area contributed by atoms with Crippen LogP contribution in [-0.2, 0) is 36.9 Å². The Bertz CT molecular complexity index is 1520. The Kier molecular flexibility index (Phi) is 9.99. The molecule has 6 rings (SSSR count). The van der Waals surface area contributed by atoms with Crippen LogP contribution in [0.2, 0.25) is 0 Å². The van der Waals surface area contributed by atoms with Crippen LogP contribution >= 0.6 is 0 Å². The number of fused-ring (bicyclic) bond motifs is 3. The molecule has 2 saturated carbocycles. The maximum atomic E-state index is 14.4. The van der Waals surface area contributed by atoms with Gasteiger partial charge in [-0.2, -0.15) is 5.26 Å². The monoisotopic (exact) mass is 663 g/mol. The number of nitrogens with zero attached hydrogens (tertiary/aromatic N) is 3. The van der Waals surface area contributed by atoms with Gasteiger partial charge in [-0.1, -0.05) is 37.1 Å². The van der Waals surface area contributed by atoms with Crippen LogP contribution < -0.4 is 10.6 Å². The minimum absolute atomic E-state index is 0.00115. The lowest BCUT2D eigenvalue weighted by Gasteiger charge is -2.29. The molecule has 5 aliphatic rings. The Balaban J connectivity index is 1.22. The van der Waals surface area contributed by atoms with Crippen LogP contribution in [0.25, 0.3) is 0 Å². The van der Waals surface area contributed by atoms with Crippen molar-refractivity contribution in [2.45, 2.75) is 114 Å². The maximum Gasteiger partial charge on any atom is 0.410 e. The summed E-state index contributed by atoms with van der Waals surface area (Å²) in [6.07, 6.45) is 10.2. The molecule has 1 unspecified atom stereocenters. The molecule has 0 bridgehead atoms. The Morgan fingerprint density at radius 2 is 1.79 bits per heavy atom. The van der Waals surface area contributed by atoms with E-state index in [1.807, 2.05) is 12.2 Å². The van der Waals surface area contributed by atoms with Gasteiger partial charge in [0.15, 0.2) is 12.0 Å². The molecular weight excluding hydrogens is 621 g/mol. The number of hydrogen-bond acceptors (Lipinski definition) is 8. The van der Waals surface area contributed by atoms with Crippen LogP contribution in [0.4, 0.5) is 14.0 Å². The van der Waals surface area contributed by atoms with Crippen molar-refractivity contribution < 1.29 is 37.8 Å². The number of ketones is 1. The van der Waals surface area contributed by atoms with E-state index in [1.165, 1.54) is 15.9 Å². The molecule has 3 fully saturated rings. The number of rotatable bonds is 4.